The number of rotatable bonds is 3. The van der Waals surface area contributed by atoms with Crippen molar-refractivity contribution in [1.82, 2.24) is 0 Å². The molecule has 0 saturated carbocycles. The fraction of sp³-hybridized carbons (Fsp3) is 0.467. The van der Waals surface area contributed by atoms with E-state index in [2.05, 4.69) is 0 Å². The van der Waals surface area contributed by atoms with Crippen molar-refractivity contribution in [3.05, 3.63) is 34.7 Å². The predicted octanol–water partition coefficient (Wildman–Crippen LogP) is 5.63. The summed E-state index contributed by atoms with van der Waals surface area (Å²) in [5, 5.41) is 0.743. The van der Waals surface area contributed by atoms with Gasteiger partial charge in [-0.1, -0.05) is 26.3 Å². The van der Waals surface area contributed by atoms with E-state index in [9.17, 15) is 26.3 Å². The Balaban J connectivity index is 0.000000359. The van der Waals surface area contributed by atoms with Gasteiger partial charge in [0.05, 0.1) is 10.5 Å². The van der Waals surface area contributed by atoms with Crippen LogP contribution in [0.3, 0.4) is 0 Å². The van der Waals surface area contributed by atoms with E-state index in [1.165, 1.54) is 0 Å². The van der Waals surface area contributed by atoms with E-state index in [-0.39, 0.29) is 0 Å². The normalized spacial score (nSPS) is 13.5. The van der Waals surface area contributed by atoms with Crippen molar-refractivity contribution < 1.29 is 39.3 Å². The maximum Gasteiger partial charge on any atom is 0.600 e. The molecule has 0 amide bonds. The van der Waals surface area contributed by atoms with E-state index in [4.69, 9.17) is 13.0 Å². The molecule has 1 aromatic heterocycles. The van der Waals surface area contributed by atoms with Crippen LogP contribution in [-0.4, -0.2) is 18.5 Å². The van der Waals surface area contributed by atoms with Gasteiger partial charge in [-0.25, -0.2) is 8.42 Å². The first-order valence-electron chi connectivity index (χ1n) is 7.39. The van der Waals surface area contributed by atoms with Crippen LogP contribution in [0.2, 0.25) is 0 Å². The van der Waals surface area contributed by atoms with Crippen LogP contribution >= 0.6 is 10.5 Å². The molecule has 0 aliphatic heterocycles. The van der Waals surface area contributed by atoms with E-state index in [0.717, 1.165) is 23.8 Å². The second-order valence-corrected chi connectivity index (χ2v) is 8.65. The average Bonchev–Trinajstić information content (AvgIpc) is 2.84. The number of benzene rings is 1. The molecule has 0 N–H and O–H groups in total. The van der Waals surface area contributed by atoms with Gasteiger partial charge in [0.1, 0.15) is 0 Å². The monoisotopic (exact) mass is 422 g/mol. The molecule has 1 atom stereocenters. The first kappa shape index (κ1) is 22.7. The molecule has 1 aromatic carbocycles. The maximum absolute atomic E-state index is 13.2. The second kappa shape index (κ2) is 8.13. The molecular formula is C15H16F6O3S2. The third-order valence-corrected chi connectivity index (χ3v) is 6.03. The Hall–Kier alpha value is -1.33. The minimum absolute atomic E-state index is 0.459. The molecule has 0 fully saturated rings. The van der Waals surface area contributed by atoms with Crippen molar-refractivity contribution in [3.63, 3.8) is 0 Å². The lowest BCUT2D eigenvalue weighted by molar-refractivity contribution is -0.0867. The summed E-state index contributed by atoms with van der Waals surface area (Å²) >= 11 is 0. The molecule has 0 aliphatic rings. The summed E-state index contributed by atoms with van der Waals surface area (Å²) in [6.07, 6.45) is 2.25. The predicted molar refractivity (Wildman–Crippen MR) is 86.9 cm³/mol. The fourth-order valence-electron chi connectivity index (χ4n) is 2.21. The van der Waals surface area contributed by atoms with Crippen molar-refractivity contribution >= 4 is 30.7 Å². The molecule has 3 nitrogen and oxygen atoms in total. The number of hydrogen-bond donors (Lipinski definition) is 0. The number of thiophene rings is 1. The Morgan fingerprint density at radius 3 is 1.96 bits per heavy atom. The van der Waals surface area contributed by atoms with Crippen molar-refractivity contribution in [3.8, 4) is 0 Å². The van der Waals surface area contributed by atoms with Crippen LogP contribution in [-0.2, 0) is 28.5 Å². The van der Waals surface area contributed by atoms with Crippen molar-refractivity contribution in [1.29, 1.82) is 0 Å². The summed E-state index contributed by atoms with van der Waals surface area (Å²) in [6, 6.07) is 7.22. The molecule has 0 spiro atoms. The molecule has 11 heteroatoms. The average molecular weight is 422 g/mol. The van der Waals surface area contributed by atoms with Crippen LogP contribution in [0.5, 0.6) is 0 Å². The summed E-state index contributed by atoms with van der Waals surface area (Å²) in [5.74, 6) is 0. The van der Waals surface area contributed by atoms with Gasteiger partial charge in [0.25, 0.3) is 0 Å². The maximum atomic E-state index is 13.2. The van der Waals surface area contributed by atoms with Crippen LogP contribution < -0.4 is 0 Å². The Labute approximate surface area is 149 Å². The third kappa shape index (κ3) is 5.58. The molecule has 1 unspecified atom stereocenters. The Bertz CT molecular complexity index is 851. The number of halogens is 6. The first-order valence-corrected chi connectivity index (χ1v) is 10.0. The largest absolute Gasteiger partial charge is 0.741 e. The first-order chi connectivity index (χ1) is 11.7. The second-order valence-electron chi connectivity index (χ2n) is 5.24. The highest BCUT2D eigenvalue weighted by atomic mass is 32.2. The Morgan fingerprint density at radius 1 is 1.04 bits per heavy atom. The van der Waals surface area contributed by atoms with E-state index in [1.54, 1.807) is 19.1 Å². The number of alkyl halides is 6. The smallest absolute Gasteiger partial charge is 0.600 e. The minimum Gasteiger partial charge on any atom is -0.741 e. The highest BCUT2D eigenvalue weighted by Crippen LogP contribution is 2.51. The van der Waals surface area contributed by atoms with E-state index < -0.39 is 31.6 Å². The van der Waals surface area contributed by atoms with Gasteiger partial charge in [0.15, 0.2) is 19.7 Å². The highest BCUT2D eigenvalue weighted by molar-refractivity contribution is 7.86. The van der Waals surface area contributed by atoms with Crippen molar-refractivity contribution in [2.75, 3.05) is 0 Å². The van der Waals surface area contributed by atoms with Gasteiger partial charge in [-0.05, 0) is 18.1 Å². The van der Waals surface area contributed by atoms with Crippen molar-refractivity contribution in [2.45, 2.75) is 44.1 Å². The van der Waals surface area contributed by atoms with Crippen LogP contribution in [0, 0.1) is 0 Å². The van der Waals surface area contributed by atoms with Crippen LogP contribution in [0.15, 0.2) is 24.3 Å². The molecule has 0 aliphatic carbocycles. The van der Waals surface area contributed by atoms with Crippen LogP contribution in [0.1, 0.15) is 30.7 Å². The van der Waals surface area contributed by atoms with Gasteiger partial charge in [-0.3, -0.25) is 0 Å². The Morgan fingerprint density at radius 2 is 1.58 bits per heavy atom. The van der Waals surface area contributed by atoms with E-state index >= 15 is 0 Å². The quantitative estimate of drug-likeness (QED) is 0.279. The molecule has 0 bridgehead atoms. The summed E-state index contributed by atoms with van der Waals surface area (Å²) in [5.41, 5.74) is -8.80. The lowest BCUT2D eigenvalue weighted by atomic mass is 10.1. The van der Waals surface area contributed by atoms with Gasteiger partial charge in [0, 0.05) is 23.9 Å². The molecule has 26 heavy (non-hydrogen) atoms. The zero-order valence-corrected chi connectivity index (χ0v) is 15.4. The zero-order valence-electron chi connectivity index (χ0n) is 13.7. The molecule has 1 heterocycles. The molecule has 0 radical (unpaired) electrons. The summed E-state index contributed by atoms with van der Waals surface area (Å²) in [7, 11) is -7.80. The van der Waals surface area contributed by atoms with E-state index in [1.807, 2.05) is 19.1 Å². The summed E-state index contributed by atoms with van der Waals surface area (Å²) < 4.78 is 98.9. The lowest BCUT2D eigenvalue weighted by Gasteiger charge is -2.08. The third-order valence-electron chi connectivity index (χ3n) is 3.28. The summed E-state index contributed by atoms with van der Waals surface area (Å²) in [6.45, 7) is 3.82. The van der Waals surface area contributed by atoms with Crippen LogP contribution in [0.4, 0.5) is 26.3 Å². The van der Waals surface area contributed by atoms with Gasteiger partial charge in [-0.15, -0.1) is 13.2 Å². The fourth-order valence-corrected chi connectivity index (χ4v) is 4.21. The molecule has 2 rings (SSSR count). The van der Waals surface area contributed by atoms with Crippen molar-refractivity contribution in [2.24, 2.45) is 0 Å². The van der Waals surface area contributed by atoms with E-state index in [0.29, 0.717) is 16.0 Å². The summed E-state index contributed by atoms with van der Waals surface area (Å²) in [4.78, 5) is 0.506. The van der Waals surface area contributed by atoms with Crippen LogP contribution in [0.25, 0.3) is 10.1 Å². The highest BCUT2D eigenvalue weighted by Gasteiger charge is 2.47. The molecule has 148 valence electrons. The molecule has 2 aromatic rings. The van der Waals surface area contributed by atoms with Gasteiger partial charge in [-0.2, -0.15) is 13.2 Å². The number of fused-ring (bicyclic) bond motifs is 1. The number of hydrogen-bond acceptors (Lipinski definition) is 3. The Kier molecular flexibility index (Phi) is 7.11. The standard InChI is InChI=1S/C14H16F3S.CHF3O3S/c1-3-5-10-6-7-11-9-12(4-2)18(13(11)8-10)14(15,16)17;2-1(3,4)8(5,6)7/h6-9H,3-5H2,1-2H3;(H,5,6,7)/q+1;/p-1. The van der Waals surface area contributed by atoms with Gasteiger partial charge in [0.2, 0.25) is 0 Å². The SMILES string of the molecule is CCCc1ccc2cc(CC)[s+](C(F)(F)F)c2c1.O=S(=O)([O-])C(F)(F)F. The molecular weight excluding hydrogens is 406 g/mol. The lowest BCUT2D eigenvalue weighted by Crippen LogP contribution is -2.21. The molecule has 0 saturated heterocycles. The zero-order chi connectivity index (χ0) is 20.3. The topological polar surface area (TPSA) is 57.2 Å². The number of aryl methyl sites for hydroxylation is 2. The van der Waals surface area contributed by atoms with Gasteiger partial charge < -0.3 is 4.55 Å². The minimum atomic E-state index is -6.09. The van der Waals surface area contributed by atoms with Gasteiger partial charge >= 0.3 is 11.0 Å².